The number of carbonyl (C=O) groups is 1. The monoisotopic (exact) mass is 197 g/mol. The Morgan fingerprint density at radius 3 is 2.71 bits per heavy atom. The molecule has 0 N–H and O–H groups in total. The fourth-order valence-electron chi connectivity index (χ4n) is 1.15. The third-order valence-electron chi connectivity index (χ3n) is 1.99. The van der Waals surface area contributed by atoms with Gasteiger partial charge in [0, 0.05) is 5.56 Å². The number of halogens is 1. The van der Waals surface area contributed by atoms with E-state index in [1.54, 1.807) is 19.9 Å². The normalized spacial score (nSPS) is 10.0. The van der Waals surface area contributed by atoms with Crippen molar-refractivity contribution in [2.24, 2.45) is 0 Å². The second-order valence-electron chi connectivity index (χ2n) is 3.11. The quantitative estimate of drug-likeness (QED) is 0.533. The maximum absolute atomic E-state index is 13.1. The number of rotatable bonds is 2. The van der Waals surface area contributed by atoms with Crippen LogP contribution in [0.2, 0.25) is 0 Å². The number of hydrogen-bond donors (Lipinski definition) is 0. The summed E-state index contributed by atoms with van der Waals surface area (Å²) >= 11 is 0. The number of pyridine rings is 1. The van der Waals surface area contributed by atoms with Crippen molar-refractivity contribution < 1.29 is 13.9 Å². The highest BCUT2D eigenvalue weighted by Gasteiger charge is 2.10. The Morgan fingerprint density at radius 1 is 1.50 bits per heavy atom. The summed E-state index contributed by atoms with van der Waals surface area (Å²) in [4.78, 5) is 14.6. The number of carbonyl (C=O) groups excluding carboxylic acids is 1. The predicted octanol–water partition coefficient (Wildman–Crippen LogP) is 1.55. The highest BCUT2D eigenvalue weighted by molar-refractivity contribution is 5.72. The van der Waals surface area contributed by atoms with E-state index in [1.165, 1.54) is 7.11 Å². The van der Waals surface area contributed by atoms with Gasteiger partial charge >= 0.3 is 5.97 Å². The van der Waals surface area contributed by atoms with Crippen molar-refractivity contribution in [1.82, 2.24) is 4.98 Å². The molecule has 1 rings (SSSR count). The fourth-order valence-corrected chi connectivity index (χ4v) is 1.15. The predicted molar refractivity (Wildman–Crippen MR) is 49.4 cm³/mol. The molecule has 0 aliphatic rings. The first kappa shape index (κ1) is 10.6. The average Bonchev–Trinajstić information content (AvgIpc) is 2.14. The molecule has 0 radical (unpaired) electrons. The Morgan fingerprint density at radius 2 is 2.14 bits per heavy atom. The lowest BCUT2D eigenvalue weighted by Gasteiger charge is -2.05. The molecule has 1 aromatic heterocycles. The van der Waals surface area contributed by atoms with Crippen LogP contribution in [-0.4, -0.2) is 18.1 Å². The van der Waals surface area contributed by atoms with Crippen LogP contribution in [0.3, 0.4) is 0 Å². The third kappa shape index (κ3) is 2.28. The summed E-state index contributed by atoms with van der Waals surface area (Å²) in [5.41, 5.74) is 1.71. The molecule has 1 heterocycles. The molecular weight excluding hydrogens is 185 g/mol. The highest BCUT2D eigenvalue weighted by atomic mass is 19.1. The van der Waals surface area contributed by atoms with Gasteiger partial charge in [-0.25, -0.2) is 4.98 Å². The van der Waals surface area contributed by atoms with Crippen molar-refractivity contribution in [3.8, 4) is 0 Å². The summed E-state index contributed by atoms with van der Waals surface area (Å²) in [6.07, 6.45) is 0.0134. The standard InChI is InChI=1S/C10H12FNO2/c1-6-4-7(2)10(11)12-8(6)5-9(13)14-3/h4H,5H2,1-3H3. The Labute approximate surface area is 81.9 Å². The number of esters is 1. The van der Waals surface area contributed by atoms with E-state index < -0.39 is 11.9 Å². The lowest BCUT2D eigenvalue weighted by Crippen LogP contribution is -2.09. The summed E-state index contributed by atoms with van der Waals surface area (Å²) in [5, 5.41) is 0. The highest BCUT2D eigenvalue weighted by Crippen LogP contribution is 2.11. The Hall–Kier alpha value is -1.45. The number of hydrogen-bond acceptors (Lipinski definition) is 3. The average molecular weight is 197 g/mol. The van der Waals surface area contributed by atoms with Crippen molar-refractivity contribution in [2.45, 2.75) is 20.3 Å². The van der Waals surface area contributed by atoms with E-state index in [9.17, 15) is 9.18 Å². The van der Waals surface area contributed by atoms with Crippen LogP contribution in [0.15, 0.2) is 6.07 Å². The zero-order valence-corrected chi connectivity index (χ0v) is 8.43. The van der Waals surface area contributed by atoms with E-state index in [0.29, 0.717) is 11.3 Å². The van der Waals surface area contributed by atoms with Crippen molar-refractivity contribution in [1.29, 1.82) is 0 Å². The largest absolute Gasteiger partial charge is 0.469 e. The van der Waals surface area contributed by atoms with Crippen LogP contribution >= 0.6 is 0 Å². The molecule has 3 nitrogen and oxygen atoms in total. The second kappa shape index (κ2) is 4.17. The first-order valence-corrected chi connectivity index (χ1v) is 4.24. The molecule has 0 aromatic carbocycles. The Kier molecular flexibility index (Phi) is 3.17. The molecule has 0 aliphatic carbocycles. The minimum absolute atomic E-state index is 0.0134. The molecule has 0 saturated heterocycles. The second-order valence-corrected chi connectivity index (χ2v) is 3.11. The molecule has 4 heteroatoms. The molecule has 1 aromatic rings. The molecule has 0 saturated carbocycles. The van der Waals surface area contributed by atoms with Crippen LogP contribution in [0.25, 0.3) is 0 Å². The smallest absolute Gasteiger partial charge is 0.311 e. The number of aryl methyl sites for hydroxylation is 2. The van der Waals surface area contributed by atoms with E-state index >= 15 is 0 Å². The van der Waals surface area contributed by atoms with Gasteiger partial charge in [0.15, 0.2) is 0 Å². The van der Waals surface area contributed by atoms with Gasteiger partial charge < -0.3 is 4.74 Å². The van der Waals surface area contributed by atoms with Crippen molar-refractivity contribution >= 4 is 5.97 Å². The molecular formula is C10H12FNO2. The van der Waals surface area contributed by atoms with Crippen LogP contribution in [-0.2, 0) is 16.0 Å². The minimum Gasteiger partial charge on any atom is -0.469 e. The molecule has 0 atom stereocenters. The maximum Gasteiger partial charge on any atom is 0.311 e. The van der Waals surface area contributed by atoms with Gasteiger partial charge in [-0.3, -0.25) is 4.79 Å². The summed E-state index contributed by atoms with van der Waals surface area (Å²) in [6.45, 7) is 3.43. The van der Waals surface area contributed by atoms with Crippen LogP contribution in [0.4, 0.5) is 4.39 Å². The van der Waals surface area contributed by atoms with Gasteiger partial charge in [-0.2, -0.15) is 4.39 Å². The van der Waals surface area contributed by atoms with Gasteiger partial charge in [0.25, 0.3) is 0 Å². The van der Waals surface area contributed by atoms with Crippen LogP contribution < -0.4 is 0 Å². The van der Waals surface area contributed by atoms with Gasteiger partial charge in [0.2, 0.25) is 5.95 Å². The van der Waals surface area contributed by atoms with Gasteiger partial charge in [0.1, 0.15) is 0 Å². The minimum atomic E-state index is -0.533. The maximum atomic E-state index is 13.1. The number of ether oxygens (including phenoxy) is 1. The van der Waals surface area contributed by atoms with Gasteiger partial charge in [-0.05, 0) is 25.5 Å². The zero-order valence-electron chi connectivity index (χ0n) is 8.43. The summed E-state index contributed by atoms with van der Waals surface area (Å²) < 4.78 is 17.5. The van der Waals surface area contributed by atoms with Gasteiger partial charge in [-0.1, -0.05) is 0 Å². The van der Waals surface area contributed by atoms with Crippen molar-refractivity contribution in [3.05, 3.63) is 28.8 Å². The Balaban J connectivity index is 2.98. The zero-order chi connectivity index (χ0) is 10.7. The molecule has 76 valence electrons. The number of methoxy groups -OCH3 is 1. The first-order valence-electron chi connectivity index (χ1n) is 4.24. The topological polar surface area (TPSA) is 39.2 Å². The lowest BCUT2D eigenvalue weighted by molar-refractivity contribution is -0.139. The van der Waals surface area contributed by atoms with Crippen molar-refractivity contribution in [2.75, 3.05) is 7.11 Å². The fraction of sp³-hybridized carbons (Fsp3) is 0.400. The molecule has 14 heavy (non-hydrogen) atoms. The molecule has 0 unspecified atom stereocenters. The SMILES string of the molecule is COC(=O)Cc1nc(F)c(C)cc1C. The van der Waals surface area contributed by atoms with E-state index in [0.717, 1.165) is 5.56 Å². The first-order chi connectivity index (χ1) is 6.54. The van der Waals surface area contributed by atoms with E-state index in [-0.39, 0.29) is 6.42 Å². The van der Waals surface area contributed by atoms with Gasteiger partial charge in [0.05, 0.1) is 19.2 Å². The van der Waals surface area contributed by atoms with Gasteiger partial charge in [-0.15, -0.1) is 0 Å². The number of aromatic nitrogens is 1. The molecule has 0 bridgehead atoms. The molecule has 0 spiro atoms. The van der Waals surface area contributed by atoms with Crippen LogP contribution in [0, 0.1) is 19.8 Å². The lowest BCUT2D eigenvalue weighted by atomic mass is 10.1. The van der Waals surface area contributed by atoms with Crippen molar-refractivity contribution in [3.63, 3.8) is 0 Å². The summed E-state index contributed by atoms with van der Waals surface area (Å²) in [5.74, 6) is -0.946. The van der Waals surface area contributed by atoms with Crippen LogP contribution in [0.5, 0.6) is 0 Å². The summed E-state index contributed by atoms with van der Waals surface area (Å²) in [7, 11) is 1.29. The Bertz CT molecular complexity index is 363. The third-order valence-corrected chi connectivity index (χ3v) is 1.99. The van der Waals surface area contributed by atoms with E-state index in [2.05, 4.69) is 9.72 Å². The molecule has 0 fully saturated rings. The summed E-state index contributed by atoms with van der Waals surface area (Å²) in [6, 6.07) is 1.67. The molecule has 0 amide bonds. The van der Waals surface area contributed by atoms with Crippen LogP contribution in [0.1, 0.15) is 16.8 Å². The van der Waals surface area contributed by atoms with E-state index in [4.69, 9.17) is 0 Å². The van der Waals surface area contributed by atoms with E-state index in [1.807, 2.05) is 0 Å². The number of nitrogens with zero attached hydrogens (tertiary/aromatic N) is 1. The molecule has 0 aliphatic heterocycles.